The highest BCUT2D eigenvalue weighted by molar-refractivity contribution is 5.61. The van der Waals surface area contributed by atoms with Gasteiger partial charge in [0.25, 0.3) is 5.69 Å². The van der Waals surface area contributed by atoms with Crippen molar-refractivity contribution in [2.45, 2.75) is 13.5 Å². The van der Waals surface area contributed by atoms with Crippen LogP contribution in [0.4, 0.5) is 5.69 Å². The number of nitro groups is 1. The molecule has 1 aromatic heterocycles. The lowest BCUT2D eigenvalue weighted by molar-refractivity contribution is -0.384. The fourth-order valence-corrected chi connectivity index (χ4v) is 1.91. The third kappa shape index (κ3) is 4.11. The predicted octanol–water partition coefficient (Wildman–Crippen LogP) is 2.29. The Hall–Kier alpha value is -2.25. The number of nitrogens with zero attached hydrogens (tertiary/aromatic N) is 2. The Labute approximate surface area is 122 Å². The summed E-state index contributed by atoms with van der Waals surface area (Å²) in [6.07, 6.45) is 1.58. The van der Waals surface area contributed by atoms with Gasteiger partial charge in [-0.3, -0.25) is 10.1 Å². The molecule has 7 heteroatoms. The third-order valence-corrected chi connectivity index (χ3v) is 2.87. The molecule has 0 fully saturated rings. The minimum atomic E-state index is -0.417. The molecular formula is C14H17N3O4. The van der Waals surface area contributed by atoms with Gasteiger partial charge in [-0.25, -0.2) is 4.98 Å². The Kier molecular flexibility index (Phi) is 5.02. The fourth-order valence-electron chi connectivity index (χ4n) is 1.91. The van der Waals surface area contributed by atoms with Crippen molar-refractivity contribution < 1.29 is 14.1 Å². The van der Waals surface area contributed by atoms with Crippen LogP contribution < -0.4 is 5.32 Å². The van der Waals surface area contributed by atoms with E-state index in [2.05, 4.69) is 10.3 Å². The van der Waals surface area contributed by atoms with E-state index in [0.717, 1.165) is 5.56 Å². The number of methoxy groups -OCH3 is 1. The number of aryl methyl sites for hydroxylation is 1. The van der Waals surface area contributed by atoms with Gasteiger partial charge in [-0.1, -0.05) is 0 Å². The summed E-state index contributed by atoms with van der Waals surface area (Å²) in [5.41, 5.74) is 1.49. The summed E-state index contributed by atoms with van der Waals surface area (Å²) in [7, 11) is 1.63. The van der Waals surface area contributed by atoms with Crippen LogP contribution in [0.25, 0.3) is 11.3 Å². The van der Waals surface area contributed by atoms with E-state index in [1.54, 1.807) is 20.2 Å². The minimum Gasteiger partial charge on any atom is -0.439 e. The van der Waals surface area contributed by atoms with Crippen LogP contribution in [0.1, 0.15) is 11.5 Å². The van der Waals surface area contributed by atoms with Gasteiger partial charge in [0.1, 0.15) is 0 Å². The zero-order valence-electron chi connectivity index (χ0n) is 12.0. The number of aromatic nitrogens is 1. The smallest absolute Gasteiger partial charge is 0.270 e. The average Bonchev–Trinajstić information content (AvgIpc) is 2.92. The zero-order valence-corrected chi connectivity index (χ0v) is 12.0. The van der Waals surface area contributed by atoms with Crippen LogP contribution in [0.15, 0.2) is 28.8 Å². The van der Waals surface area contributed by atoms with Crippen molar-refractivity contribution in [2.75, 3.05) is 20.3 Å². The quantitative estimate of drug-likeness (QED) is 0.478. The lowest BCUT2D eigenvalue weighted by Crippen LogP contribution is -2.18. The van der Waals surface area contributed by atoms with E-state index in [9.17, 15) is 10.1 Å². The number of hydrogen-bond donors (Lipinski definition) is 1. The normalized spacial score (nSPS) is 10.8. The molecule has 2 rings (SSSR count). The van der Waals surface area contributed by atoms with E-state index in [-0.39, 0.29) is 5.69 Å². The first-order valence-electron chi connectivity index (χ1n) is 6.51. The Balaban J connectivity index is 2.12. The molecule has 0 amide bonds. The van der Waals surface area contributed by atoms with Crippen LogP contribution in [0.5, 0.6) is 0 Å². The molecule has 112 valence electrons. The minimum absolute atomic E-state index is 0.0427. The Morgan fingerprint density at radius 1 is 1.43 bits per heavy atom. The standard InChI is InChI=1S/C14H17N3O4/c1-10-5-11(7-12(6-10)17(18)19)13-8-16-14(21-13)9-15-3-4-20-2/h5-8,15H,3-4,9H2,1-2H3. The molecule has 0 radical (unpaired) electrons. The number of rotatable bonds is 7. The molecule has 1 aromatic carbocycles. The molecule has 0 bridgehead atoms. The van der Waals surface area contributed by atoms with Crippen LogP contribution in [0.3, 0.4) is 0 Å². The number of nitrogens with one attached hydrogen (secondary N) is 1. The summed E-state index contributed by atoms with van der Waals surface area (Å²) >= 11 is 0. The second kappa shape index (κ2) is 6.96. The molecule has 7 nitrogen and oxygen atoms in total. The predicted molar refractivity (Wildman–Crippen MR) is 76.9 cm³/mol. The van der Waals surface area contributed by atoms with Crippen LogP contribution in [0, 0.1) is 17.0 Å². The second-order valence-electron chi connectivity index (χ2n) is 4.60. The van der Waals surface area contributed by atoms with Crippen molar-refractivity contribution in [1.29, 1.82) is 0 Å². The Morgan fingerprint density at radius 2 is 2.24 bits per heavy atom. The van der Waals surface area contributed by atoms with Gasteiger partial charge in [0, 0.05) is 31.4 Å². The molecule has 0 aliphatic rings. The second-order valence-corrected chi connectivity index (χ2v) is 4.60. The first-order chi connectivity index (χ1) is 10.1. The molecule has 0 aliphatic carbocycles. The summed E-state index contributed by atoms with van der Waals surface area (Å²) < 4.78 is 10.5. The average molecular weight is 291 g/mol. The first-order valence-corrected chi connectivity index (χ1v) is 6.51. The van der Waals surface area contributed by atoms with Crippen molar-refractivity contribution in [1.82, 2.24) is 10.3 Å². The monoisotopic (exact) mass is 291 g/mol. The van der Waals surface area contributed by atoms with E-state index < -0.39 is 4.92 Å². The molecule has 0 aliphatic heterocycles. The summed E-state index contributed by atoms with van der Waals surface area (Å²) in [5.74, 6) is 1.05. The molecule has 0 saturated carbocycles. The molecule has 1 heterocycles. The topological polar surface area (TPSA) is 90.4 Å². The fraction of sp³-hybridized carbons (Fsp3) is 0.357. The summed E-state index contributed by atoms with van der Waals surface area (Å²) in [6, 6.07) is 4.83. The molecule has 0 atom stereocenters. The van der Waals surface area contributed by atoms with E-state index in [4.69, 9.17) is 9.15 Å². The highest BCUT2D eigenvalue weighted by Crippen LogP contribution is 2.26. The molecule has 1 N–H and O–H groups in total. The lowest BCUT2D eigenvalue weighted by atomic mass is 10.1. The van der Waals surface area contributed by atoms with Crippen LogP contribution in [-0.4, -0.2) is 30.2 Å². The van der Waals surface area contributed by atoms with Crippen LogP contribution in [0.2, 0.25) is 0 Å². The van der Waals surface area contributed by atoms with Crippen molar-refractivity contribution in [3.05, 3.63) is 46.0 Å². The van der Waals surface area contributed by atoms with Crippen LogP contribution in [-0.2, 0) is 11.3 Å². The molecule has 2 aromatic rings. The Morgan fingerprint density at radius 3 is 2.95 bits per heavy atom. The Bertz CT molecular complexity index is 624. The number of oxazole rings is 1. The lowest BCUT2D eigenvalue weighted by Gasteiger charge is -2.01. The first kappa shape index (κ1) is 15.1. The maximum Gasteiger partial charge on any atom is 0.270 e. The number of benzene rings is 1. The van der Waals surface area contributed by atoms with E-state index in [1.807, 2.05) is 6.07 Å². The van der Waals surface area contributed by atoms with Gasteiger partial charge in [-0.05, 0) is 18.6 Å². The van der Waals surface area contributed by atoms with Gasteiger partial charge in [-0.15, -0.1) is 0 Å². The van der Waals surface area contributed by atoms with Gasteiger partial charge < -0.3 is 14.5 Å². The molecule has 0 saturated heterocycles. The van der Waals surface area contributed by atoms with Crippen molar-refractivity contribution in [3.63, 3.8) is 0 Å². The number of non-ortho nitro benzene ring substituents is 1. The van der Waals surface area contributed by atoms with E-state index >= 15 is 0 Å². The van der Waals surface area contributed by atoms with Gasteiger partial charge in [-0.2, -0.15) is 0 Å². The van der Waals surface area contributed by atoms with Crippen molar-refractivity contribution >= 4 is 5.69 Å². The highest BCUT2D eigenvalue weighted by atomic mass is 16.6. The maximum atomic E-state index is 10.9. The van der Waals surface area contributed by atoms with Crippen molar-refractivity contribution in [3.8, 4) is 11.3 Å². The highest BCUT2D eigenvalue weighted by Gasteiger charge is 2.12. The number of ether oxygens (including phenoxy) is 1. The van der Waals surface area contributed by atoms with E-state index in [1.165, 1.54) is 12.1 Å². The SMILES string of the molecule is COCCNCc1ncc(-c2cc(C)cc([N+](=O)[O-])c2)o1. The van der Waals surface area contributed by atoms with Crippen molar-refractivity contribution in [2.24, 2.45) is 0 Å². The molecule has 0 spiro atoms. The summed E-state index contributed by atoms with van der Waals surface area (Å²) in [5, 5.41) is 14.0. The largest absolute Gasteiger partial charge is 0.439 e. The summed E-state index contributed by atoms with van der Waals surface area (Å²) in [4.78, 5) is 14.6. The van der Waals surface area contributed by atoms with Gasteiger partial charge in [0.05, 0.1) is 24.3 Å². The molecule has 21 heavy (non-hydrogen) atoms. The summed E-state index contributed by atoms with van der Waals surface area (Å²) in [6.45, 7) is 3.60. The van der Waals surface area contributed by atoms with E-state index in [0.29, 0.717) is 36.9 Å². The van der Waals surface area contributed by atoms with Gasteiger partial charge >= 0.3 is 0 Å². The zero-order chi connectivity index (χ0) is 15.2. The third-order valence-electron chi connectivity index (χ3n) is 2.87. The molecular weight excluding hydrogens is 274 g/mol. The van der Waals surface area contributed by atoms with Gasteiger partial charge in [0.2, 0.25) is 5.89 Å². The van der Waals surface area contributed by atoms with Gasteiger partial charge in [0.15, 0.2) is 5.76 Å². The molecule has 0 unspecified atom stereocenters. The number of nitro benzene ring substituents is 1. The number of hydrogen-bond acceptors (Lipinski definition) is 6. The maximum absolute atomic E-state index is 10.9. The van der Waals surface area contributed by atoms with Crippen LogP contribution >= 0.6 is 0 Å².